The number of imidazole rings is 1. The van der Waals surface area contributed by atoms with Crippen LogP contribution in [0.5, 0.6) is 0 Å². The van der Waals surface area contributed by atoms with Gasteiger partial charge in [0.2, 0.25) is 0 Å². The number of rotatable bonds is 7. The lowest BCUT2D eigenvalue weighted by molar-refractivity contribution is 0.0229. The fourth-order valence-corrected chi connectivity index (χ4v) is 3.21. The van der Waals surface area contributed by atoms with Gasteiger partial charge in [0.25, 0.3) is 0 Å². The summed E-state index contributed by atoms with van der Waals surface area (Å²) >= 11 is 0. The summed E-state index contributed by atoms with van der Waals surface area (Å²) in [5, 5.41) is 0. The van der Waals surface area contributed by atoms with Crippen LogP contribution in [0.15, 0.2) is 24.4 Å². The average molecular weight is 387 g/mol. The van der Waals surface area contributed by atoms with Crippen molar-refractivity contribution in [2.75, 3.05) is 25.5 Å². The first-order valence-electron chi connectivity index (χ1n) is 9.97. The van der Waals surface area contributed by atoms with Crippen LogP contribution in [-0.2, 0) is 17.7 Å². The first-order chi connectivity index (χ1) is 13.2. The van der Waals surface area contributed by atoms with Gasteiger partial charge in [0.1, 0.15) is 11.4 Å². The molecule has 0 atom stereocenters. The summed E-state index contributed by atoms with van der Waals surface area (Å²) in [5.74, 6) is 0.751. The molecule has 0 saturated carbocycles. The lowest BCUT2D eigenvalue weighted by atomic mass is 10.0. The molecule has 1 amide bonds. The standard InChI is InChI=1S/C22H34N4O2/c1-8-13-26(21(27)28-22(3,4)5)15-19-23-14-18(24-19)17-12-10-11-16(9-2)20(17)25(6)7/h10-12,14H,8-9,13,15H2,1-7H3,(H,23,24). The maximum absolute atomic E-state index is 12.5. The Morgan fingerprint density at radius 3 is 2.50 bits per heavy atom. The van der Waals surface area contributed by atoms with Crippen molar-refractivity contribution < 1.29 is 9.53 Å². The fraction of sp³-hybridized carbons (Fsp3) is 0.545. The number of aromatic amines is 1. The summed E-state index contributed by atoms with van der Waals surface area (Å²) in [7, 11) is 4.11. The van der Waals surface area contributed by atoms with Crippen molar-refractivity contribution in [1.82, 2.24) is 14.9 Å². The Balaban J connectivity index is 2.27. The Bertz CT molecular complexity index is 790. The molecule has 1 aromatic heterocycles. The summed E-state index contributed by atoms with van der Waals surface area (Å²) in [4.78, 5) is 24.3. The van der Waals surface area contributed by atoms with Crippen molar-refractivity contribution in [3.8, 4) is 11.3 Å². The first kappa shape index (κ1) is 21.8. The number of nitrogens with one attached hydrogen (secondary N) is 1. The zero-order valence-electron chi connectivity index (χ0n) is 18.3. The summed E-state index contributed by atoms with van der Waals surface area (Å²) < 4.78 is 5.54. The molecular weight excluding hydrogens is 352 g/mol. The number of hydrogen-bond acceptors (Lipinski definition) is 4. The number of aryl methyl sites for hydroxylation is 1. The molecule has 0 aliphatic heterocycles. The van der Waals surface area contributed by atoms with Crippen molar-refractivity contribution in [3.63, 3.8) is 0 Å². The molecule has 0 aliphatic carbocycles. The highest BCUT2D eigenvalue weighted by molar-refractivity contribution is 5.78. The molecule has 0 unspecified atom stereocenters. The number of H-pyrrole nitrogens is 1. The monoisotopic (exact) mass is 386 g/mol. The van der Waals surface area contributed by atoms with Crippen molar-refractivity contribution in [2.24, 2.45) is 0 Å². The van der Waals surface area contributed by atoms with Crippen molar-refractivity contribution in [1.29, 1.82) is 0 Å². The van der Waals surface area contributed by atoms with Gasteiger partial charge < -0.3 is 19.5 Å². The van der Waals surface area contributed by atoms with Gasteiger partial charge in [-0.1, -0.05) is 32.0 Å². The maximum Gasteiger partial charge on any atom is 0.410 e. The number of hydrogen-bond donors (Lipinski definition) is 1. The fourth-order valence-electron chi connectivity index (χ4n) is 3.21. The second-order valence-electron chi connectivity index (χ2n) is 8.21. The van der Waals surface area contributed by atoms with E-state index in [1.165, 1.54) is 11.3 Å². The normalized spacial score (nSPS) is 11.4. The van der Waals surface area contributed by atoms with E-state index in [4.69, 9.17) is 4.74 Å². The van der Waals surface area contributed by atoms with Gasteiger partial charge in [-0.15, -0.1) is 0 Å². The van der Waals surface area contributed by atoms with Crippen LogP contribution in [0, 0.1) is 0 Å². The molecule has 1 N–H and O–H groups in total. The third-order valence-electron chi connectivity index (χ3n) is 4.35. The molecule has 2 rings (SSSR count). The van der Waals surface area contributed by atoms with E-state index < -0.39 is 5.60 Å². The van der Waals surface area contributed by atoms with E-state index in [1.54, 1.807) is 4.90 Å². The predicted octanol–water partition coefficient (Wildman–Crippen LogP) is 4.85. The first-order valence-corrected chi connectivity index (χ1v) is 9.97. The minimum Gasteiger partial charge on any atom is -0.444 e. The highest BCUT2D eigenvalue weighted by atomic mass is 16.6. The number of aromatic nitrogens is 2. The highest BCUT2D eigenvalue weighted by Gasteiger charge is 2.23. The number of benzene rings is 1. The average Bonchev–Trinajstić information content (AvgIpc) is 3.07. The van der Waals surface area contributed by atoms with Crippen LogP contribution in [0.3, 0.4) is 0 Å². The number of ether oxygens (including phenoxy) is 1. The number of carbonyl (C=O) groups is 1. The smallest absolute Gasteiger partial charge is 0.410 e. The minimum absolute atomic E-state index is 0.311. The van der Waals surface area contributed by atoms with Crippen LogP contribution < -0.4 is 4.90 Å². The molecule has 28 heavy (non-hydrogen) atoms. The van der Waals surface area contributed by atoms with Crippen molar-refractivity contribution >= 4 is 11.8 Å². The summed E-state index contributed by atoms with van der Waals surface area (Å²) in [6, 6.07) is 6.33. The van der Waals surface area contributed by atoms with Gasteiger partial charge in [-0.05, 0) is 39.2 Å². The molecule has 1 heterocycles. The van der Waals surface area contributed by atoms with E-state index in [1.807, 2.05) is 33.9 Å². The van der Waals surface area contributed by atoms with Gasteiger partial charge in [0.15, 0.2) is 0 Å². The summed E-state index contributed by atoms with van der Waals surface area (Å²) in [5.41, 5.74) is 4.04. The number of anilines is 1. The van der Waals surface area contributed by atoms with E-state index in [9.17, 15) is 4.79 Å². The third-order valence-corrected chi connectivity index (χ3v) is 4.35. The molecule has 0 bridgehead atoms. The van der Waals surface area contributed by atoms with Gasteiger partial charge >= 0.3 is 6.09 Å². The quantitative estimate of drug-likeness (QED) is 0.739. The molecule has 0 radical (unpaired) electrons. The number of carbonyl (C=O) groups excluding carboxylic acids is 1. The molecule has 154 valence electrons. The minimum atomic E-state index is -0.515. The second kappa shape index (κ2) is 9.13. The Morgan fingerprint density at radius 1 is 1.21 bits per heavy atom. The van der Waals surface area contributed by atoms with Gasteiger partial charge in [0, 0.05) is 31.9 Å². The SMILES string of the molecule is CCCN(Cc1ncc(-c2cccc(CC)c2N(C)C)[nH]1)C(=O)OC(C)(C)C. The molecule has 6 nitrogen and oxygen atoms in total. The maximum atomic E-state index is 12.5. The molecule has 0 spiro atoms. The van der Waals surface area contributed by atoms with Gasteiger partial charge in [0.05, 0.1) is 18.4 Å². The number of amides is 1. The zero-order valence-corrected chi connectivity index (χ0v) is 18.3. The number of para-hydroxylation sites is 1. The van der Waals surface area contributed by atoms with Crippen LogP contribution in [0.25, 0.3) is 11.3 Å². The largest absolute Gasteiger partial charge is 0.444 e. The highest BCUT2D eigenvalue weighted by Crippen LogP contribution is 2.32. The Hall–Kier alpha value is -2.50. The van der Waals surface area contributed by atoms with E-state index in [-0.39, 0.29) is 6.09 Å². The van der Waals surface area contributed by atoms with Crippen LogP contribution in [0.4, 0.5) is 10.5 Å². The molecule has 0 saturated heterocycles. The van der Waals surface area contributed by atoms with Crippen LogP contribution >= 0.6 is 0 Å². The van der Waals surface area contributed by atoms with E-state index in [2.05, 4.69) is 54.1 Å². The topological polar surface area (TPSA) is 61.5 Å². The van der Waals surface area contributed by atoms with Gasteiger partial charge in [-0.25, -0.2) is 9.78 Å². The number of nitrogens with zero attached hydrogens (tertiary/aromatic N) is 3. The molecule has 0 fully saturated rings. The summed E-state index contributed by atoms with van der Waals surface area (Å²) in [6.07, 6.45) is 3.35. The zero-order chi connectivity index (χ0) is 20.9. The Kier molecular flexibility index (Phi) is 7.11. The molecule has 2 aromatic rings. The molecule has 6 heteroatoms. The second-order valence-corrected chi connectivity index (χ2v) is 8.21. The lowest BCUT2D eigenvalue weighted by Crippen LogP contribution is -2.37. The van der Waals surface area contributed by atoms with Gasteiger partial charge in [-0.2, -0.15) is 0 Å². The van der Waals surface area contributed by atoms with E-state index >= 15 is 0 Å². The third kappa shape index (κ3) is 5.50. The van der Waals surface area contributed by atoms with Crippen molar-refractivity contribution in [2.45, 2.75) is 59.6 Å². The van der Waals surface area contributed by atoms with E-state index in [0.717, 1.165) is 29.9 Å². The Morgan fingerprint density at radius 2 is 1.93 bits per heavy atom. The lowest BCUT2D eigenvalue weighted by Gasteiger charge is -2.26. The summed E-state index contributed by atoms with van der Waals surface area (Å²) in [6.45, 7) is 10.9. The molecular formula is C22H34N4O2. The van der Waals surface area contributed by atoms with Crippen molar-refractivity contribution in [3.05, 3.63) is 35.8 Å². The van der Waals surface area contributed by atoms with Crippen LogP contribution in [0.1, 0.15) is 52.4 Å². The van der Waals surface area contributed by atoms with Gasteiger partial charge in [-0.3, -0.25) is 0 Å². The van der Waals surface area contributed by atoms with Crippen LogP contribution in [-0.4, -0.2) is 47.2 Å². The molecule has 1 aromatic carbocycles. The molecule has 0 aliphatic rings. The predicted molar refractivity (Wildman–Crippen MR) is 115 cm³/mol. The Labute approximate surface area is 168 Å². The van der Waals surface area contributed by atoms with E-state index in [0.29, 0.717) is 13.1 Å². The van der Waals surface area contributed by atoms with Crippen LogP contribution in [0.2, 0.25) is 0 Å².